The van der Waals surface area contributed by atoms with Crippen LogP contribution in [0.25, 0.3) is 0 Å². The Morgan fingerprint density at radius 1 is 1.40 bits per heavy atom. The van der Waals surface area contributed by atoms with E-state index in [-0.39, 0.29) is 0 Å². The maximum Gasteiger partial charge on any atom is 0.0594 e. The van der Waals surface area contributed by atoms with Gasteiger partial charge in [-0.1, -0.05) is 6.07 Å². The maximum atomic E-state index is 5.42. The third-order valence-electron chi connectivity index (χ3n) is 2.01. The van der Waals surface area contributed by atoms with Gasteiger partial charge in [-0.2, -0.15) is 0 Å². The van der Waals surface area contributed by atoms with Gasteiger partial charge in [0.05, 0.1) is 18.4 Å². The molecule has 0 atom stereocenters. The molecule has 0 aromatic carbocycles. The minimum absolute atomic E-state index is 0.310. The lowest BCUT2D eigenvalue weighted by Gasteiger charge is -2.08. The summed E-state index contributed by atoms with van der Waals surface area (Å²) in [6.45, 7) is 8.56. The molecule has 84 valence electrons. The van der Waals surface area contributed by atoms with Crippen molar-refractivity contribution in [3.63, 3.8) is 0 Å². The Morgan fingerprint density at radius 2 is 2.20 bits per heavy atom. The highest BCUT2D eigenvalue weighted by atomic mass is 16.5. The first-order valence-corrected chi connectivity index (χ1v) is 5.42. The molecule has 1 aromatic heterocycles. The van der Waals surface area contributed by atoms with E-state index in [2.05, 4.69) is 16.4 Å². The lowest BCUT2D eigenvalue weighted by Crippen LogP contribution is -2.21. The van der Waals surface area contributed by atoms with Crippen molar-refractivity contribution in [1.82, 2.24) is 10.3 Å². The summed E-state index contributed by atoms with van der Waals surface area (Å²) in [7, 11) is 0. The number of hydrogen-bond acceptors (Lipinski definition) is 3. The monoisotopic (exact) mass is 208 g/mol. The van der Waals surface area contributed by atoms with Crippen molar-refractivity contribution in [2.45, 2.75) is 33.4 Å². The largest absolute Gasteiger partial charge is 0.377 e. The molecule has 0 aliphatic carbocycles. The van der Waals surface area contributed by atoms with Crippen LogP contribution in [0.3, 0.4) is 0 Å². The molecule has 3 heteroatoms. The minimum atomic E-state index is 0.310. The predicted molar refractivity (Wildman–Crippen MR) is 61.8 cm³/mol. The van der Waals surface area contributed by atoms with Crippen molar-refractivity contribution >= 4 is 0 Å². The van der Waals surface area contributed by atoms with E-state index in [1.165, 1.54) is 5.56 Å². The van der Waals surface area contributed by atoms with Crippen LogP contribution in [0.1, 0.15) is 25.1 Å². The highest BCUT2D eigenvalue weighted by molar-refractivity contribution is 5.11. The summed E-state index contributed by atoms with van der Waals surface area (Å²) in [6, 6.07) is 4.13. The topological polar surface area (TPSA) is 34.1 Å². The summed E-state index contributed by atoms with van der Waals surface area (Å²) in [5.74, 6) is 0. The van der Waals surface area contributed by atoms with Crippen LogP contribution in [0, 0.1) is 6.92 Å². The summed E-state index contributed by atoms with van der Waals surface area (Å²) in [5.41, 5.74) is 2.27. The van der Waals surface area contributed by atoms with E-state index in [9.17, 15) is 0 Å². The van der Waals surface area contributed by atoms with Gasteiger partial charge < -0.3 is 10.1 Å². The van der Waals surface area contributed by atoms with Gasteiger partial charge in [0, 0.05) is 19.3 Å². The van der Waals surface area contributed by atoms with Gasteiger partial charge in [-0.3, -0.25) is 4.98 Å². The Bertz CT molecular complexity index is 269. The Morgan fingerprint density at radius 3 is 2.80 bits per heavy atom. The van der Waals surface area contributed by atoms with E-state index in [0.717, 1.165) is 25.4 Å². The van der Waals surface area contributed by atoms with Crippen molar-refractivity contribution < 1.29 is 4.74 Å². The molecule has 0 aliphatic rings. The molecule has 0 unspecified atom stereocenters. The Labute approximate surface area is 91.9 Å². The van der Waals surface area contributed by atoms with Crippen LogP contribution in [0.4, 0.5) is 0 Å². The Hall–Kier alpha value is -0.930. The van der Waals surface area contributed by atoms with Crippen molar-refractivity contribution in [2.24, 2.45) is 0 Å². The number of rotatable bonds is 6. The fourth-order valence-corrected chi connectivity index (χ4v) is 1.19. The smallest absolute Gasteiger partial charge is 0.0594 e. The minimum Gasteiger partial charge on any atom is -0.377 e. The van der Waals surface area contributed by atoms with E-state index >= 15 is 0 Å². The number of nitrogens with one attached hydrogen (secondary N) is 1. The molecule has 0 aliphatic heterocycles. The van der Waals surface area contributed by atoms with Crippen LogP contribution >= 0.6 is 0 Å². The molecule has 1 heterocycles. The highest BCUT2D eigenvalue weighted by Crippen LogP contribution is 1.97. The summed E-state index contributed by atoms with van der Waals surface area (Å²) in [5, 5.41) is 3.29. The SMILES string of the molecule is Cc1ccc(CNCCOC(C)C)nc1. The van der Waals surface area contributed by atoms with Gasteiger partial charge in [-0.05, 0) is 32.4 Å². The molecule has 0 saturated heterocycles. The number of aromatic nitrogens is 1. The number of aryl methyl sites for hydroxylation is 1. The lowest BCUT2D eigenvalue weighted by atomic mass is 10.3. The van der Waals surface area contributed by atoms with E-state index in [4.69, 9.17) is 4.74 Å². The quantitative estimate of drug-likeness (QED) is 0.725. The van der Waals surface area contributed by atoms with Gasteiger partial charge in [-0.25, -0.2) is 0 Å². The number of nitrogens with zero attached hydrogens (tertiary/aromatic N) is 1. The predicted octanol–water partition coefficient (Wildman–Crippen LogP) is 1.90. The van der Waals surface area contributed by atoms with Crippen LogP contribution in [-0.2, 0) is 11.3 Å². The van der Waals surface area contributed by atoms with Crippen LogP contribution < -0.4 is 5.32 Å². The molecule has 3 nitrogen and oxygen atoms in total. The third kappa shape index (κ3) is 5.50. The second-order valence-electron chi connectivity index (χ2n) is 3.92. The van der Waals surface area contributed by atoms with Gasteiger partial charge in [0.1, 0.15) is 0 Å². The average Bonchev–Trinajstić information content (AvgIpc) is 2.20. The first-order chi connectivity index (χ1) is 7.18. The second kappa shape index (κ2) is 6.53. The molecular formula is C12H20N2O. The molecule has 1 rings (SSSR count). The average molecular weight is 208 g/mol. The van der Waals surface area contributed by atoms with E-state index in [1.807, 2.05) is 33.0 Å². The first-order valence-electron chi connectivity index (χ1n) is 5.42. The molecular weight excluding hydrogens is 188 g/mol. The summed E-state index contributed by atoms with van der Waals surface area (Å²) in [6.07, 6.45) is 2.20. The molecule has 15 heavy (non-hydrogen) atoms. The van der Waals surface area contributed by atoms with E-state index in [0.29, 0.717) is 6.10 Å². The Balaban J connectivity index is 2.12. The van der Waals surface area contributed by atoms with Crippen molar-refractivity contribution in [3.05, 3.63) is 29.6 Å². The molecule has 0 fully saturated rings. The van der Waals surface area contributed by atoms with Crippen LogP contribution in [0.2, 0.25) is 0 Å². The second-order valence-corrected chi connectivity index (χ2v) is 3.92. The van der Waals surface area contributed by atoms with Gasteiger partial charge >= 0.3 is 0 Å². The van der Waals surface area contributed by atoms with E-state index in [1.54, 1.807) is 0 Å². The maximum absolute atomic E-state index is 5.42. The standard InChI is InChI=1S/C12H20N2O/c1-10(2)15-7-6-13-9-12-5-4-11(3)8-14-12/h4-5,8,10,13H,6-7,9H2,1-3H3. The number of pyridine rings is 1. The fourth-order valence-electron chi connectivity index (χ4n) is 1.19. The fraction of sp³-hybridized carbons (Fsp3) is 0.583. The van der Waals surface area contributed by atoms with Crippen LogP contribution in [0.5, 0.6) is 0 Å². The molecule has 0 spiro atoms. The highest BCUT2D eigenvalue weighted by Gasteiger charge is 1.95. The number of hydrogen-bond donors (Lipinski definition) is 1. The zero-order chi connectivity index (χ0) is 11.1. The molecule has 1 aromatic rings. The van der Waals surface area contributed by atoms with Crippen molar-refractivity contribution in [2.75, 3.05) is 13.2 Å². The summed E-state index contributed by atoms with van der Waals surface area (Å²) >= 11 is 0. The van der Waals surface area contributed by atoms with Crippen molar-refractivity contribution in [1.29, 1.82) is 0 Å². The first kappa shape index (κ1) is 12.1. The Kier molecular flexibility index (Phi) is 5.29. The molecule has 0 bridgehead atoms. The van der Waals surface area contributed by atoms with E-state index < -0.39 is 0 Å². The van der Waals surface area contributed by atoms with Crippen LogP contribution in [0.15, 0.2) is 18.3 Å². The van der Waals surface area contributed by atoms with Gasteiger partial charge in [0.15, 0.2) is 0 Å². The molecule has 1 N–H and O–H groups in total. The lowest BCUT2D eigenvalue weighted by molar-refractivity contribution is 0.0806. The van der Waals surface area contributed by atoms with Gasteiger partial charge in [0.25, 0.3) is 0 Å². The number of ether oxygens (including phenoxy) is 1. The summed E-state index contributed by atoms with van der Waals surface area (Å²) < 4.78 is 5.42. The third-order valence-corrected chi connectivity index (χ3v) is 2.01. The zero-order valence-corrected chi connectivity index (χ0v) is 9.79. The summed E-state index contributed by atoms with van der Waals surface area (Å²) in [4.78, 5) is 4.31. The zero-order valence-electron chi connectivity index (χ0n) is 9.79. The molecule has 0 amide bonds. The van der Waals surface area contributed by atoms with Gasteiger partial charge in [0.2, 0.25) is 0 Å². The molecule has 0 radical (unpaired) electrons. The normalized spacial score (nSPS) is 10.9. The van der Waals surface area contributed by atoms with Gasteiger partial charge in [-0.15, -0.1) is 0 Å². The molecule has 0 saturated carbocycles. The van der Waals surface area contributed by atoms with Crippen molar-refractivity contribution in [3.8, 4) is 0 Å². The van der Waals surface area contributed by atoms with Crippen LogP contribution in [-0.4, -0.2) is 24.2 Å².